The summed E-state index contributed by atoms with van der Waals surface area (Å²) in [5.41, 5.74) is 0. The van der Waals surface area contributed by atoms with Gasteiger partial charge in [0.1, 0.15) is 43.6 Å². The minimum Gasteiger partial charge on any atom is -0.466 e. The molecule has 2 amide bonds. The maximum Gasteiger partial charge on any atom is 0.361 e. The molecule has 19 nitrogen and oxygen atoms in total. The van der Waals surface area contributed by atoms with Gasteiger partial charge in [-0.15, -0.1) is 0 Å². The Labute approximate surface area is 367 Å². The van der Waals surface area contributed by atoms with E-state index in [2.05, 4.69) is 10.6 Å². The van der Waals surface area contributed by atoms with E-state index in [9.17, 15) is 49.5 Å². The highest BCUT2D eigenvalue weighted by Gasteiger charge is 2.49. The number of likely N-dealkylation sites (N-methyl/N-ethyl adjacent to an activating group) is 1. The number of aliphatic hydroxyl groups excluding tert-OH is 5. The zero-order valence-corrected chi connectivity index (χ0v) is 37.5. The maximum absolute atomic E-state index is 12.8. The van der Waals surface area contributed by atoms with Crippen molar-refractivity contribution in [3.05, 3.63) is 0 Å². The molecule has 0 aromatic carbocycles. The second-order valence-corrected chi connectivity index (χ2v) is 17.2. The van der Waals surface area contributed by atoms with Crippen LogP contribution in [0, 0.1) is 0 Å². The van der Waals surface area contributed by atoms with Crippen molar-refractivity contribution in [2.75, 3.05) is 60.2 Å². The van der Waals surface area contributed by atoms with E-state index in [0.29, 0.717) is 37.1 Å². The van der Waals surface area contributed by atoms with Crippen LogP contribution in [0.5, 0.6) is 0 Å². The van der Waals surface area contributed by atoms with Crippen LogP contribution in [0.15, 0.2) is 0 Å². The number of esters is 3. The summed E-state index contributed by atoms with van der Waals surface area (Å²) < 4.78 is 33.2. The second kappa shape index (κ2) is 31.0. The number of unbranched alkanes of at least 4 members (excludes halogenated alkanes) is 13. The van der Waals surface area contributed by atoms with Gasteiger partial charge in [0.2, 0.25) is 11.8 Å². The number of hydrogen-bond acceptors (Lipinski definition) is 16. The second-order valence-electron chi connectivity index (χ2n) is 17.2. The number of nitrogens with zero attached hydrogens (tertiary/aromatic N) is 1. The number of carbonyl (C=O) groups excluding carboxylic acids is 5. The number of amides is 2. The molecule has 0 aliphatic carbocycles. The van der Waals surface area contributed by atoms with Gasteiger partial charge in [-0.3, -0.25) is 19.2 Å². The molecule has 2 fully saturated rings. The van der Waals surface area contributed by atoms with E-state index in [4.69, 9.17) is 28.4 Å². The van der Waals surface area contributed by atoms with Crippen molar-refractivity contribution in [2.45, 2.75) is 185 Å². The summed E-state index contributed by atoms with van der Waals surface area (Å²) in [6, 6.07) is -2.15. The quantitative estimate of drug-likeness (QED) is 0.0217. The topological polar surface area (TPSA) is 266 Å². The van der Waals surface area contributed by atoms with Crippen LogP contribution in [0.1, 0.15) is 129 Å². The third-order valence-corrected chi connectivity index (χ3v) is 11.0. The Hall–Kier alpha value is -3.01. The summed E-state index contributed by atoms with van der Waals surface area (Å²) in [7, 11) is 3.80. The number of ether oxygens (including phenoxy) is 6. The normalized spacial score (nSPS) is 25.1. The number of aliphatic hydroxyl groups is 5. The van der Waals surface area contributed by atoms with Gasteiger partial charge >= 0.3 is 17.9 Å². The predicted octanol–water partition coefficient (Wildman–Crippen LogP) is 1.26. The van der Waals surface area contributed by atoms with Gasteiger partial charge in [0.25, 0.3) is 0 Å². The van der Waals surface area contributed by atoms with Crippen LogP contribution >= 0.6 is 0 Å². The number of hydrogen-bond donors (Lipinski definition) is 7. The van der Waals surface area contributed by atoms with Gasteiger partial charge in [-0.1, -0.05) is 70.6 Å². The maximum atomic E-state index is 12.8. The molecule has 7 N–H and O–H groups in total. The first kappa shape index (κ1) is 55.1. The van der Waals surface area contributed by atoms with Gasteiger partial charge in [-0.2, -0.15) is 0 Å². The number of quaternary nitrogens is 1. The summed E-state index contributed by atoms with van der Waals surface area (Å²) in [6.07, 6.45) is 5.41. The fourth-order valence-electron chi connectivity index (χ4n) is 7.44. The SMILES string of the molecule is CC(=O)N[C@@H]1C[C@@H](O)C(CO)O[C@@H]1O[C@H]1C(CO)O[C@H](O)[C@H](NC(=O)CCCCCCCCCC(=O)OCCCCCCCCCCOC(=O)C[N+](C)(C)CCOC(C)=O)C1O. The van der Waals surface area contributed by atoms with E-state index < -0.39 is 80.2 Å². The molecule has 0 saturated carbocycles. The van der Waals surface area contributed by atoms with Crippen LogP contribution in [0.25, 0.3) is 0 Å². The lowest BCUT2D eigenvalue weighted by Crippen LogP contribution is -2.66. The van der Waals surface area contributed by atoms with Gasteiger partial charge in [-0.05, 0) is 25.7 Å². The third kappa shape index (κ3) is 23.1. The minimum absolute atomic E-state index is 0.0133. The summed E-state index contributed by atoms with van der Waals surface area (Å²) in [5, 5.41) is 56.7. The first-order valence-corrected chi connectivity index (χ1v) is 22.6. The highest BCUT2D eigenvalue weighted by molar-refractivity contribution is 5.76. The molecule has 9 atom stereocenters. The van der Waals surface area contributed by atoms with E-state index in [1.165, 1.54) is 13.8 Å². The summed E-state index contributed by atoms with van der Waals surface area (Å²) in [4.78, 5) is 59.7. The van der Waals surface area contributed by atoms with E-state index in [1.807, 2.05) is 14.1 Å². The van der Waals surface area contributed by atoms with E-state index >= 15 is 0 Å². The molecular formula is C43H78N3O16+. The van der Waals surface area contributed by atoms with Crippen molar-refractivity contribution < 1.29 is 82.4 Å². The van der Waals surface area contributed by atoms with Gasteiger partial charge in [-0.25, -0.2) is 4.79 Å². The van der Waals surface area contributed by atoms with Crippen molar-refractivity contribution in [3.8, 4) is 0 Å². The molecule has 0 aromatic rings. The molecule has 0 aromatic heterocycles. The van der Waals surface area contributed by atoms with Gasteiger partial charge in [0.05, 0.1) is 52.7 Å². The summed E-state index contributed by atoms with van der Waals surface area (Å²) in [6.45, 7) is 3.35. The van der Waals surface area contributed by atoms with Gasteiger partial charge in [0, 0.05) is 33.1 Å². The Balaban J connectivity index is 1.47. The van der Waals surface area contributed by atoms with E-state index in [0.717, 1.165) is 89.9 Å². The molecular weight excluding hydrogens is 814 g/mol. The Morgan fingerprint density at radius 2 is 1.18 bits per heavy atom. The lowest BCUT2D eigenvalue weighted by Gasteiger charge is -2.46. The summed E-state index contributed by atoms with van der Waals surface area (Å²) >= 11 is 0. The zero-order chi connectivity index (χ0) is 45.9. The van der Waals surface area contributed by atoms with Crippen molar-refractivity contribution >= 4 is 29.7 Å². The number of carbonyl (C=O) groups is 5. The molecule has 2 aliphatic heterocycles. The molecule has 2 rings (SSSR count). The average Bonchev–Trinajstić information content (AvgIpc) is 3.20. The smallest absolute Gasteiger partial charge is 0.361 e. The zero-order valence-electron chi connectivity index (χ0n) is 37.5. The monoisotopic (exact) mass is 893 g/mol. The molecule has 0 bridgehead atoms. The molecule has 19 heteroatoms. The molecule has 0 spiro atoms. The van der Waals surface area contributed by atoms with Gasteiger partial charge in [0.15, 0.2) is 19.1 Å². The largest absolute Gasteiger partial charge is 0.466 e. The highest BCUT2D eigenvalue weighted by atomic mass is 16.7. The van der Waals surface area contributed by atoms with Crippen molar-refractivity contribution in [2.24, 2.45) is 0 Å². The van der Waals surface area contributed by atoms with Crippen LogP contribution in [-0.2, 0) is 52.4 Å². The van der Waals surface area contributed by atoms with Crippen LogP contribution in [0.4, 0.5) is 0 Å². The first-order chi connectivity index (χ1) is 29.6. The van der Waals surface area contributed by atoms with Crippen LogP contribution < -0.4 is 10.6 Å². The molecule has 0 radical (unpaired) electrons. The lowest BCUT2D eigenvalue weighted by atomic mass is 9.95. The van der Waals surface area contributed by atoms with Crippen molar-refractivity contribution in [1.82, 2.24) is 10.6 Å². The third-order valence-electron chi connectivity index (χ3n) is 11.0. The predicted molar refractivity (Wildman–Crippen MR) is 224 cm³/mol. The van der Waals surface area contributed by atoms with E-state index in [-0.39, 0.29) is 43.9 Å². The minimum atomic E-state index is -1.64. The molecule has 3 unspecified atom stereocenters. The van der Waals surface area contributed by atoms with Crippen molar-refractivity contribution in [3.63, 3.8) is 0 Å². The number of nitrogens with one attached hydrogen (secondary N) is 2. The van der Waals surface area contributed by atoms with Crippen molar-refractivity contribution in [1.29, 1.82) is 0 Å². The first-order valence-electron chi connectivity index (χ1n) is 22.6. The van der Waals surface area contributed by atoms with Crippen LogP contribution in [0.3, 0.4) is 0 Å². The summed E-state index contributed by atoms with van der Waals surface area (Å²) in [5.74, 6) is -1.59. The molecule has 2 heterocycles. The Bertz CT molecular complexity index is 1310. The van der Waals surface area contributed by atoms with Gasteiger partial charge < -0.3 is 69.1 Å². The van der Waals surface area contributed by atoms with Crippen LogP contribution in [0.2, 0.25) is 0 Å². The van der Waals surface area contributed by atoms with Crippen LogP contribution in [-0.4, -0.2) is 175 Å². The molecule has 62 heavy (non-hydrogen) atoms. The highest BCUT2D eigenvalue weighted by Crippen LogP contribution is 2.29. The average molecular weight is 893 g/mol. The van der Waals surface area contributed by atoms with E-state index in [1.54, 1.807) is 0 Å². The fraction of sp³-hybridized carbons (Fsp3) is 0.884. The molecule has 2 saturated heterocycles. The fourth-order valence-corrected chi connectivity index (χ4v) is 7.44. The lowest BCUT2D eigenvalue weighted by molar-refractivity contribution is -0.883. The molecule has 2 aliphatic rings. The Kier molecular flexibility index (Phi) is 27.5. The number of rotatable bonds is 32. The molecule has 360 valence electrons. The Morgan fingerprint density at radius 3 is 1.73 bits per heavy atom. The standard InChI is InChI=1S/C43H77N3O16/c1-30(49)44-32-26-33(51)34(28-47)61-43(32)62-41-35(29-48)60-42(56)39(40(41)55)45-36(52)20-16-12-8-7-9-13-17-21-37(53)58-23-18-14-10-5-6-11-15-19-24-59-38(54)27-46(3,4)22-25-57-31(2)50/h32-35,39-43,47-48,51,55-56H,5-29H2,1-4H3,(H-,44,45,49,52)/p+1/t32-,33-,34?,35?,39-,40?,41+,42+,43-/m1/s1. The Morgan fingerprint density at radius 1 is 0.645 bits per heavy atom.